The molecule has 140 valence electrons. The fraction of sp³-hybridized carbons (Fsp3) is 0.600. The van der Waals surface area contributed by atoms with Gasteiger partial charge in [-0.05, 0) is 75.5 Å². The number of hydrogen-bond donors (Lipinski definition) is 0. The first-order valence-corrected chi connectivity index (χ1v) is 10.2. The maximum absolute atomic E-state index is 5.94. The molecule has 1 atom stereocenters. The van der Waals surface area contributed by atoms with Crippen LogP contribution in [0.1, 0.15) is 38.0 Å². The molecule has 3 heterocycles. The lowest BCUT2D eigenvalue weighted by molar-refractivity contribution is 0.110. The van der Waals surface area contributed by atoms with Crippen molar-refractivity contribution in [1.29, 1.82) is 0 Å². The molecule has 2 aliphatic heterocycles. The molecular formula is C20H27ClN4O. The lowest BCUT2D eigenvalue weighted by atomic mass is 9.96. The van der Waals surface area contributed by atoms with Gasteiger partial charge in [-0.2, -0.15) is 4.98 Å². The maximum Gasteiger partial charge on any atom is 0.241 e. The van der Waals surface area contributed by atoms with Gasteiger partial charge in [-0.1, -0.05) is 23.2 Å². The van der Waals surface area contributed by atoms with Gasteiger partial charge in [0.05, 0.1) is 6.54 Å². The summed E-state index contributed by atoms with van der Waals surface area (Å²) in [5.41, 5.74) is 0.936. The summed E-state index contributed by atoms with van der Waals surface area (Å²) in [7, 11) is 0. The van der Waals surface area contributed by atoms with Gasteiger partial charge in [0.25, 0.3) is 0 Å². The van der Waals surface area contributed by atoms with Crippen molar-refractivity contribution in [1.82, 2.24) is 19.9 Å². The first kappa shape index (κ1) is 18.0. The Morgan fingerprint density at radius 1 is 1.00 bits per heavy atom. The first-order valence-electron chi connectivity index (χ1n) is 9.79. The zero-order valence-electron chi connectivity index (χ0n) is 15.2. The molecule has 1 aromatic heterocycles. The molecule has 0 bridgehead atoms. The molecule has 0 amide bonds. The van der Waals surface area contributed by atoms with Gasteiger partial charge in [0.15, 0.2) is 0 Å². The lowest BCUT2D eigenvalue weighted by Crippen LogP contribution is -2.42. The molecule has 4 rings (SSSR count). The van der Waals surface area contributed by atoms with E-state index in [2.05, 4.69) is 19.9 Å². The Balaban J connectivity index is 1.32. The molecule has 0 N–H and O–H groups in total. The largest absolute Gasteiger partial charge is 0.338 e. The third-order valence-corrected chi connectivity index (χ3v) is 5.75. The van der Waals surface area contributed by atoms with Crippen LogP contribution in [0.4, 0.5) is 0 Å². The van der Waals surface area contributed by atoms with Crippen molar-refractivity contribution in [3.8, 4) is 11.4 Å². The van der Waals surface area contributed by atoms with Gasteiger partial charge in [0.1, 0.15) is 0 Å². The minimum absolute atomic E-state index is 0.638. The molecule has 5 nitrogen and oxygen atoms in total. The van der Waals surface area contributed by atoms with Crippen LogP contribution in [0.2, 0.25) is 5.02 Å². The summed E-state index contributed by atoms with van der Waals surface area (Å²) in [6, 6.07) is 7.55. The Hall–Kier alpha value is -1.43. The quantitative estimate of drug-likeness (QED) is 0.788. The van der Waals surface area contributed by atoms with Gasteiger partial charge in [0.2, 0.25) is 11.7 Å². The number of benzene rings is 1. The zero-order valence-corrected chi connectivity index (χ0v) is 16.0. The summed E-state index contributed by atoms with van der Waals surface area (Å²) in [4.78, 5) is 9.70. The van der Waals surface area contributed by atoms with Gasteiger partial charge in [-0.25, -0.2) is 0 Å². The van der Waals surface area contributed by atoms with E-state index in [1.807, 2.05) is 24.3 Å². The third kappa shape index (κ3) is 4.64. The number of aromatic nitrogens is 2. The highest BCUT2D eigenvalue weighted by Gasteiger charge is 2.24. The number of hydrogen-bond acceptors (Lipinski definition) is 5. The smallest absolute Gasteiger partial charge is 0.241 e. The van der Waals surface area contributed by atoms with Gasteiger partial charge in [-0.3, -0.25) is 4.90 Å². The third-order valence-electron chi connectivity index (χ3n) is 5.50. The second-order valence-corrected chi connectivity index (χ2v) is 8.06. The second kappa shape index (κ2) is 8.51. The summed E-state index contributed by atoms with van der Waals surface area (Å²) in [5, 5.41) is 4.84. The van der Waals surface area contributed by atoms with Crippen molar-refractivity contribution in [2.45, 2.75) is 38.6 Å². The van der Waals surface area contributed by atoms with Crippen LogP contribution >= 0.6 is 11.6 Å². The molecule has 2 fully saturated rings. The SMILES string of the molecule is Clc1ccc(-c2noc(CN3CCCC(CN4CCCCC4)C3)n2)cc1. The van der Waals surface area contributed by atoms with E-state index >= 15 is 0 Å². The van der Waals surface area contributed by atoms with Crippen LogP contribution in [0.15, 0.2) is 28.8 Å². The van der Waals surface area contributed by atoms with Gasteiger partial charge >= 0.3 is 0 Å². The molecule has 26 heavy (non-hydrogen) atoms. The van der Waals surface area contributed by atoms with Crippen LogP contribution < -0.4 is 0 Å². The number of nitrogens with zero attached hydrogens (tertiary/aromatic N) is 4. The predicted molar refractivity (Wildman–Crippen MR) is 103 cm³/mol. The number of likely N-dealkylation sites (tertiary alicyclic amines) is 2. The summed E-state index contributed by atoms with van der Waals surface area (Å²) in [6.07, 6.45) is 6.74. The van der Waals surface area contributed by atoms with Crippen molar-refractivity contribution in [3.05, 3.63) is 35.2 Å². The lowest BCUT2D eigenvalue weighted by Gasteiger charge is -2.36. The standard InChI is InChI=1S/C20H27ClN4O/c21-18-8-6-17(7-9-18)20-22-19(26-23-20)15-25-12-4-5-16(14-25)13-24-10-2-1-3-11-24/h6-9,16H,1-5,10-15H2. The average molecular weight is 375 g/mol. The molecule has 0 radical (unpaired) electrons. The molecule has 2 saturated heterocycles. The Bertz CT molecular complexity index is 696. The van der Waals surface area contributed by atoms with Crippen molar-refractivity contribution in [2.24, 2.45) is 5.92 Å². The van der Waals surface area contributed by atoms with E-state index in [-0.39, 0.29) is 0 Å². The van der Waals surface area contributed by atoms with E-state index in [4.69, 9.17) is 16.1 Å². The molecule has 0 spiro atoms. The monoisotopic (exact) mass is 374 g/mol. The summed E-state index contributed by atoms with van der Waals surface area (Å²) in [5.74, 6) is 2.10. The van der Waals surface area contributed by atoms with E-state index < -0.39 is 0 Å². The van der Waals surface area contributed by atoms with Gasteiger partial charge in [-0.15, -0.1) is 0 Å². The summed E-state index contributed by atoms with van der Waals surface area (Å²) >= 11 is 5.94. The molecule has 1 aromatic carbocycles. The molecule has 0 saturated carbocycles. The van der Waals surface area contributed by atoms with Crippen LogP contribution in [-0.2, 0) is 6.54 Å². The summed E-state index contributed by atoms with van der Waals surface area (Å²) in [6.45, 7) is 6.81. The molecule has 2 aromatic rings. The Morgan fingerprint density at radius 2 is 1.77 bits per heavy atom. The van der Waals surface area contributed by atoms with Crippen LogP contribution in [0.3, 0.4) is 0 Å². The minimum Gasteiger partial charge on any atom is -0.338 e. The van der Waals surface area contributed by atoms with E-state index in [0.29, 0.717) is 16.7 Å². The van der Waals surface area contributed by atoms with E-state index in [9.17, 15) is 0 Å². The summed E-state index contributed by atoms with van der Waals surface area (Å²) < 4.78 is 5.49. The highest BCUT2D eigenvalue weighted by Crippen LogP contribution is 2.22. The Kier molecular flexibility index (Phi) is 5.88. The number of piperidine rings is 2. The Morgan fingerprint density at radius 3 is 2.58 bits per heavy atom. The Labute approximate surface area is 160 Å². The minimum atomic E-state index is 0.638. The van der Waals surface area contributed by atoms with Crippen molar-refractivity contribution in [3.63, 3.8) is 0 Å². The average Bonchev–Trinajstić information content (AvgIpc) is 3.12. The normalized spacial score (nSPS) is 22.6. The highest BCUT2D eigenvalue weighted by molar-refractivity contribution is 6.30. The fourth-order valence-electron chi connectivity index (χ4n) is 4.18. The van der Waals surface area contributed by atoms with Crippen molar-refractivity contribution < 1.29 is 4.52 Å². The molecule has 2 aliphatic rings. The fourth-order valence-corrected chi connectivity index (χ4v) is 4.30. The van der Waals surface area contributed by atoms with Crippen LogP contribution in [0.5, 0.6) is 0 Å². The number of halogens is 1. The van der Waals surface area contributed by atoms with Gasteiger partial charge in [0, 0.05) is 23.7 Å². The number of rotatable bonds is 5. The van der Waals surface area contributed by atoms with Crippen LogP contribution in [0.25, 0.3) is 11.4 Å². The zero-order chi connectivity index (χ0) is 17.8. The van der Waals surface area contributed by atoms with Crippen molar-refractivity contribution in [2.75, 3.05) is 32.7 Å². The topological polar surface area (TPSA) is 45.4 Å². The predicted octanol–water partition coefficient (Wildman–Crippen LogP) is 4.09. The second-order valence-electron chi connectivity index (χ2n) is 7.62. The van der Waals surface area contributed by atoms with Crippen LogP contribution in [0, 0.1) is 5.92 Å². The molecular weight excluding hydrogens is 348 g/mol. The molecule has 6 heteroatoms. The van der Waals surface area contributed by atoms with E-state index in [1.165, 1.54) is 51.7 Å². The molecule has 1 unspecified atom stereocenters. The van der Waals surface area contributed by atoms with Crippen molar-refractivity contribution >= 4 is 11.6 Å². The maximum atomic E-state index is 5.94. The van der Waals surface area contributed by atoms with Crippen LogP contribution in [-0.4, -0.2) is 52.7 Å². The van der Waals surface area contributed by atoms with E-state index in [0.717, 1.165) is 31.1 Å². The van der Waals surface area contributed by atoms with Gasteiger partial charge < -0.3 is 9.42 Å². The van der Waals surface area contributed by atoms with E-state index in [1.54, 1.807) is 0 Å². The highest BCUT2D eigenvalue weighted by atomic mass is 35.5. The molecule has 0 aliphatic carbocycles. The first-order chi connectivity index (χ1) is 12.8.